The van der Waals surface area contributed by atoms with Gasteiger partial charge in [0.05, 0.1) is 5.39 Å². The highest BCUT2D eigenvalue weighted by atomic mass is 35.5. The Kier molecular flexibility index (Phi) is 3.09. The van der Waals surface area contributed by atoms with Crippen molar-refractivity contribution in [2.75, 3.05) is 5.73 Å². The molecule has 19 heavy (non-hydrogen) atoms. The minimum Gasteiger partial charge on any atom is -0.383 e. The van der Waals surface area contributed by atoms with Gasteiger partial charge in [0.15, 0.2) is 0 Å². The van der Waals surface area contributed by atoms with Crippen molar-refractivity contribution in [3.8, 4) is 11.1 Å². The van der Waals surface area contributed by atoms with Crippen LogP contribution in [-0.2, 0) is 0 Å². The van der Waals surface area contributed by atoms with E-state index in [0.29, 0.717) is 10.8 Å². The number of fused-ring (bicyclic) bond motifs is 1. The Morgan fingerprint density at radius 3 is 2.47 bits per heavy atom. The second kappa shape index (κ2) is 4.63. The lowest BCUT2D eigenvalue weighted by atomic mass is 10.0. The molecule has 0 unspecified atom stereocenters. The van der Waals surface area contributed by atoms with Crippen LogP contribution in [0.25, 0.3) is 21.3 Å². The second-order valence-electron chi connectivity index (χ2n) is 4.10. The third kappa shape index (κ3) is 2.16. The number of aromatic nitrogens is 2. The Labute approximate surface area is 124 Å². The summed E-state index contributed by atoms with van der Waals surface area (Å²) in [6.45, 7) is 2.03. The molecule has 1 aromatic carbocycles. The van der Waals surface area contributed by atoms with Crippen LogP contribution < -0.4 is 5.73 Å². The second-order valence-corrected chi connectivity index (χ2v) is 6.08. The van der Waals surface area contributed by atoms with E-state index in [1.165, 1.54) is 0 Å². The molecule has 2 aromatic heterocycles. The van der Waals surface area contributed by atoms with Crippen LogP contribution in [0.15, 0.2) is 24.3 Å². The lowest BCUT2D eigenvalue weighted by Crippen LogP contribution is -1.94. The van der Waals surface area contributed by atoms with Crippen LogP contribution in [0.3, 0.4) is 0 Å². The average Bonchev–Trinajstić information content (AvgIpc) is 2.66. The van der Waals surface area contributed by atoms with E-state index in [1.54, 1.807) is 11.3 Å². The summed E-state index contributed by atoms with van der Waals surface area (Å²) in [5.74, 6) is 0.407. The standard InChI is InChI=1S/C13H9Cl2N3S/c1-6-9(7-2-4-8(14)5-3-7)10-11(16)17-13(15)18-12(10)19-6/h2-5H,1H3,(H2,16,17,18). The van der Waals surface area contributed by atoms with Crippen LogP contribution in [0, 0.1) is 6.92 Å². The predicted molar refractivity (Wildman–Crippen MR) is 82.0 cm³/mol. The van der Waals surface area contributed by atoms with Crippen molar-refractivity contribution in [2.24, 2.45) is 0 Å². The van der Waals surface area contributed by atoms with Gasteiger partial charge in [-0.3, -0.25) is 0 Å². The molecule has 0 radical (unpaired) electrons. The van der Waals surface area contributed by atoms with Crippen molar-refractivity contribution >= 4 is 50.6 Å². The van der Waals surface area contributed by atoms with Gasteiger partial charge in [0, 0.05) is 15.5 Å². The minimum absolute atomic E-state index is 0.175. The third-order valence-electron chi connectivity index (χ3n) is 2.86. The fourth-order valence-electron chi connectivity index (χ4n) is 2.07. The minimum atomic E-state index is 0.175. The zero-order valence-corrected chi connectivity index (χ0v) is 12.3. The molecule has 3 nitrogen and oxygen atoms in total. The molecule has 0 bridgehead atoms. The zero-order chi connectivity index (χ0) is 13.6. The molecular formula is C13H9Cl2N3S. The van der Waals surface area contributed by atoms with E-state index in [2.05, 4.69) is 9.97 Å². The van der Waals surface area contributed by atoms with E-state index >= 15 is 0 Å². The van der Waals surface area contributed by atoms with Crippen LogP contribution in [-0.4, -0.2) is 9.97 Å². The molecule has 2 heterocycles. The van der Waals surface area contributed by atoms with Gasteiger partial charge in [-0.25, -0.2) is 9.97 Å². The highest BCUT2D eigenvalue weighted by molar-refractivity contribution is 7.19. The summed E-state index contributed by atoms with van der Waals surface area (Å²) >= 11 is 13.3. The van der Waals surface area contributed by atoms with Crippen LogP contribution >= 0.6 is 34.5 Å². The maximum absolute atomic E-state index is 5.98. The van der Waals surface area contributed by atoms with E-state index in [1.807, 2.05) is 31.2 Å². The summed E-state index contributed by atoms with van der Waals surface area (Å²) in [5.41, 5.74) is 8.08. The summed E-state index contributed by atoms with van der Waals surface area (Å²) in [4.78, 5) is 10.2. The fraction of sp³-hybridized carbons (Fsp3) is 0.0769. The van der Waals surface area contributed by atoms with Crippen molar-refractivity contribution in [3.05, 3.63) is 39.4 Å². The van der Waals surface area contributed by atoms with Gasteiger partial charge in [-0.1, -0.05) is 23.7 Å². The topological polar surface area (TPSA) is 51.8 Å². The molecule has 96 valence electrons. The highest BCUT2D eigenvalue weighted by Crippen LogP contribution is 2.40. The molecule has 0 spiro atoms. The molecular weight excluding hydrogens is 301 g/mol. The Morgan fingerprint density at radius 2 is 1.79 bits per heavy atom. The first-order chi connectivity index (χ1) is 9.06. The van der Waals surface area contributed by atoms with Crippen LogP contribution in [0.2, 0.25) is 10.3 Å². The van der Waals surface area contributed by atoms with Gasteiger partial charge in [0.2, 0.25) is 5.28 Å². The predicted octanol–water partition coefficient (Wildman–Crippen LogP) is 4.56. The number of hydrogen-bond acceptors (Lipinski definition) is 4. The van der Waals surface area contributed by atoms with E-state index in [9.17, 15) is 0 Å². The van der Waals surface area contributed by atoms with Gasteiger partial charge in [-0.05, 0) is 36.2 Å². The van der Waals surface area contributed by atoms with E-state index in [4.69, 9.17) is 28.9 Å². The fourth-order valence-corrected chi connectivity index (χ4v) is 3.48. The zero-order valence-electron chi connectivity index (χ0n) is 9.95. The van der Waals surface area contributed by atoms with Crippen molar-refractivity contribution in [3.63, 3.8) is 0 Å². The Hall–Kier alpha value is -1.36. The van der Waals surface area contributed by atoms with Gasteiger partial charge < -0.3 is 5.73 Å². The Morgan fingerprint density at radius 1 is 1.11 bits per heavy atom. The molecule has 0 saturated carbocycles. The summed E-state index contributed by atoms with van der Waals surface area (Å²) in [7, 11) is 0. The number of nitrogen functional groups attached to an aromatic ring is 1. The number of aryl methyl sites for hydroxylation is 1. The third-order valence-corrected chi connectivity index (χ3v) is 4.28. The molecule has 0 aliphatic rings. The van der Waals surface area contributed by atoms with Gasteiger partial charge in [0.25, 0.3) is 0 Å². The summed E-state index contributed by atoms with van der Waals surface area (Å²) < 4.78 is 0. The lowest BCUT2D eigenvalue weighted by Gasteiger charge is -2.04. The van der Waals surface area contributed by atoms with E-state index in [0.717, 1.165) is 26.2 Å². The maximum atomic E-state index is 5.98. The van der Waals surface area contributed by atoms with Gasteiger partial charge in [-0.2, -0.15) is 0 Å². The number of thiophene rings is 1. The Bertz CT molecular complexity index is 766. The average molecular weight is 310 g/mol. The number of benzene rings is 1. The van der Waals surface area contributed by atoms with Crippen LogP contribution in [0.1, 0.15) is 4.88 Å². The molecule has 3 aromatic rings. The van der Waals surface area contributed by atoms with Crippen molar-refractivity contribution in [2.45, 2.75) is 6.92 Å². The van der Waals surface area contributed by atoms with Crippen molar-refractivity contribution in [1.82, 2.24) is 9.97 Å². The normalized spacial score (nSPS) is 11.1. The SMILES string of the molecule is Cc1sc2nc(Cl)nc(N)c2c1-c1ccc(Cl)cc1. The molecule has 0 aliphatic heterocycles. The molecule has 6 heteroatoms. The molecule has 0 aliphatic carbocycles. The monoisotopic (exact) mass is 309 g/mol. The number of rotatable bonds is 1. The van der Waals surface area contributed by atoms with Crippen LogP contribution in [0.5, 0.6) is 0 Å². The highest BCUT2D eigenvalue weighted by Gasteiger charge is 2.16. The van der Waals surface area contributed by atoms with Gasteiger partial charge >= 0.3 is 0 Å². The molecule has 2 N–H and O–H groups in total. The quantitative estimate of drug-likeness (QED) is 0.671. The first kappa shape index (κ1) is 12.7. The number of hydrogen-bond donors (Lipinski definition) is 1. The molecule has 3 rings (SSSR count). The summed E-state index contributed by atoms with van der Waals surface area (Å²) in [5, 5.41) is 1.73. The smallest absolute Gasteiger partial charge is 0.225 e. The summed E-state index contributed by atoms with van der Waals surface area (Å²) in [6.07, 6.45) is 0. The van der Waals surface area contributed by atoms with E-state index < -0.39 is 0 Å². The van der Waals surface area contributed by atoms with Gasteiger partial charge in [0.1, 0.15) is 10.6 Å². The first-order valence-corrected chi connectivity index (χ1v) is 7.11. The molecule has 0 saturated heterocycles. The molecule has 0 atom stereocenters. The van der Waals surface area contributed by atoms with Crippen molar-refractivity contribution < 1.29 is 0 Å². The number of nitrogens with two attached hydrogens (primary N) is 1. The maximum Gasteiger partial charge on any atom is 0.225 e. The Balaban J connectivity index is 2.34. The molecule has 0 fully saturated rings. The van der Waals surface area contributed by atoms with E-state index in [-0.39, 0.29) is 5.28 Å². The van der Waals surface area contributed by atoms with Crippen LogP contribution in [0.4, 0.5) is 5.82 Å². The summed E-state index contributed by atoms with van der Waals surface area (Å²) in [6, 6.07) is 7.63. The largest absolute Gasteiger partial charge is 0.383 e. The number of anilines is 1. The van der Waals surface area contributed by atoms with Crippen molar-refractivity contribution in [1.29, 1.82) is 0 Å². The first-order valence-electron chi connectivity index (χ1n) is 5.54. The number of nitrogens with zero attached hydrogens (tertiary/aromatic N) is 2. The molecule has 0 amide bonds. The van der Waals surface area contributed by atoms with Gasteiger partial charge in [-0.15, -0.1) is 11.3 Å². The number of halogens is 2. The lowest BCUT2D eigenvalue weighted by molar-refractivity contribution is 1.24.